The van der Waals surface area contributed by atoms with Crippen LogP contribution >= 0.6 is 0 Å². The van der Waals surface area contributed by atoms with E-state index in [1.54, 1.807) is 19.1 Å². The number of imide groups is 1. The first-order valence-electron chi connectivity index (χ1n) is 10.2. The molecule has 0 unspecified atom stereocenters. The Morgan fingerprint density at radius 3 is 2.62 bits per heavy atom. The first kappa shape index (κ1) is 21.5. The Bertz CT molecular complexity index is 728. The second-order valence-electron chi connectivity index (χ2n) is 8.03. The Balaban J connectivity index is 1.60. The van der Waals surface area contributed by atoms with E-state index in [4.69, 9.17) is 0 Å². The van der Waals surface area contributed by atoms with Crippen LogP contribution in [0.4, 0.5) is 13.6 Å². The van der Waals surface area contributed by atoms with E-state index in [0.717, 1.165) is 31.4 Å². The normalized spacial score (nSPS) is 25.6. The summed E-state index contributed by atoms with van der Waals surface area (Å²) >= 11 is 0. The first-order chi connectivity index (χ1) is 13.8. The van der Waals surface area contributed by atoms with Crippen LogP contribution in [0.2, 0.25) is 0 Å². The molecule has 1 N–H and O–H groups in total. The quantitative estimate of drug-likeness (QED) is 0.665. The second kappa shape index (κ2) is 9.07. The fraction of sp³-hybridized carbons (Fsp3) is 0.619. The highest BCUT2D eigenvalue weighted by Gasteiger charge is 2.48. The summed E-state index contributed by atoms with van der Waals surface area (Å²) < 4.78 is 28.8. The van der Waals surface area contributed by atoms with E-state index in [0.29, 0.717) is 25.6 Å². The summed E-state index contributed by atoms with van der Waals surface area (Å²) in [5.74, 6) is -0.112. The molecular weight excluding hydrogens is 380 g/mol. The second-order valence-corrected chi connectivity index (χ2v) is 8.03. The van der Waals surface area contributed by atoms with Crippen molar-refractivity contribution in [1.29, 1.82) is 0 Å². The smallest absolute Gasteiger partial charge is 0.387 e. The molecule has 0 bridgehead atoms. The Kier molecular flexibility index (Phi) is 6.72. The van der Waals surface area contributed by atoms with Crippen LogP contribution < -0.4 is 10.1 Å². The molecule has 3 amide bonds. The van der Waals surface area contributed by atoms with Gasteiger partial charge in [0, 0.05) is 12.6 Å². The molecule has 0 aliphatic carbocycles. The summed E-state index contributed by atoms with van der Waals surface area (Å²) in [6, 6.07) is 6.40. The predicted octanol–water partition coefficient (Wildman–Crippen LogP) is 3.75. The molecule has 2 heterocycles. The summed E-state index contributed by atoms with van der Waals surface area (Å²) in [7, 11) is 0. The van der Waals surface area contributed by atoms with Gasteiger partial charge < -0.3 is 10.1 Å². The minimum Gasteiger partial charge on any atom is -0.435 e. The molecule has 2 fully saturated rings. The molecule has 0 saturated carbocycles. The van der Waals surface area contributed by atoms with Crippen LogP contribution in [-0.4, -0.2) is 53.1 Å². The van der Waals surface area contributed by atoms with Gasteiger partial charge in [-0.25, -0.2) is 9.69 Å². The summed E-state index contributed by atoms with van der Waals surface area (Å²) in [4.78, 5) is 29.1. The van der Waals surface area contributed by atoms with Gasteiger partial charge in [-0.15, -0.1) is 0 Å². The van der Waals surface area contributed by atoms with Crippen LogP contribution in [0.15, 0.2) is 24.3 Å². The average molecular weight is 409 g/mol. The molecule has 0 spiro atoms. The number of carbonyl (C=O) groups is 2. The molecule has 2 aliphatic heterocycles. The monoisotopic (exact) mass is 409 g/mol. The van der Waals surface area contributed by atoms with Gasteiger partial charge in [-0.05, 0) is 56.7 Å². The van der Waals surface area contributed by atoms with Crippen LogP contribution in [0.3, 0.4) is 0 Å². The number of halogens is 2. The first-order valence-corrected chi connectivity index (χ1v) is 10.2. The molecule has 29 heavy (non-hydrogen) atoms. The number of rotatable bonds is 8. The van der Waals surface area contributed by atoms with Gasteiger partial charge in [0.05, 0.1) is 6.67 Å². The number of aryl methyl sites for hydroxylation is 1. The molecule has 160 valence electrons. The van der Waals surface area contributed by atoms with Crippen molar-refractivity contribution in [3.63, 3.8) is 0 Å². The molecule has 1 aromatic carbocycles. The van der Waals surface area contributed by atoms with Crippen molar-refractivity contribution in [1.82, 2.24) is 15.1 Å². The van der Waals surface area contributed by atoms with Crippen molar-refractivity contribution in [2.45, 2.75) is 70.6 Å². The predicted molar refractivity (Wildman–Crippen MR) is 105 cm³/mol. The summed E-state index contributed by atoms with van der Waals surface area (Å²) in [6.45, 7) is 2.26. The lowest BCUT2D eigenvalue weighted by atomic mass is 9.93. The largest absolute Gasteiger partial charge is 0.435 e. The number of alkyl halides is 2. The van der Waals surface area contributed by atoms with Gasteiger partial charge in [0.25, 0.3) is 5.91 Å². The summed E-state index contributed by atoms with van der Waals surface area (Å²) in [6.07, 6.45) is 5.35. The molecule has 8 heteroatoms. The number of urea groups is 1. The lowest BCUT2D eigenvalue weighted by molar-refractivity contribution is -0.133. The Morgan fingerprint density at radius 1 is 1.24 bits per heavy atom. The SMILES string of the molecule is CC[C@H]1CCCCN1CN1C(=O)N[C@](C)(CCc2ccc(OC(F)F)cc2)C1=O. The number of amides is 3. The molecule has 2 saturated heterocycles. The van der Waals surface area contributed by atoms with Gasteiger partial charge in [-0.3, -0.25) is 9.69 Å². The lowest BCUT2D eigenvalue weighted by Gasteiger charge is -2.37. The van der Waals surface area contributed by atoms with E-state index < -0.39 is 12.2 Å². The number of carbonyl (C=O) groups excluding carboxylic acids is 2. The number of nitrogens with one attached hydrogen (secondary N) is 1. The fourth-order valence-corrected chi connectivity index (χ4v) is 4.17. The number of likely N-dealkylation sites (tertiary alicyclic amines) is 1. The van der Waals surface area contributed by atoms with Gasteiger partial charge in [0.15, 0.2) is 0 Å². The zero-order chi connectivity index (χ0) is 21.0. The average Bonchev–Trinajstić information content (AvgIpc) is 2.91. The van der Waals surface area contributed by atoms with Crippen LogP contribution in [-0.2, 0) is 11.2 Å². The van der Waals surface area contributed by atoms with Gasteiger partial charge in [-0.2, -0.15) is 8.78 Å². The number of piperidine rings is 1. The molecule has 6 nitrogen and oxygen atoms in total. The minimum atomic E-state index is -2.86. The number of benzene rings is 1. The van der Waals surface area contributed by atoms with Crippen molar-refractivity contribution in [3.8, 4) is 5.75 Å². The van der Waals surface area contributed by atoms with E-state index in [9.17, 15) is 18.4 Å². The zero-order valence-corrected chi connectivity index (χ0v) is 17.0. The molecule has 2 atom stereocenters. The maximum atomic E-state index is 13.0. The summed E-state index contributed by atoms with van der Waals surface area (Å²) in [5, 5.41) is 2.85. The Hall–Kier alpha value is -2.22. The number of hydrogen-bond donors (Lipinski definition) is 1. The lowest BCUT2D eigenvalue weighted by Crippen LogP contribution is -2.49. The molecule has 1 aromatic rings. The van der Waals surface area contributed by atoms with Crippen molar-refractivity contribution in [3.05, 3.63) is 29.8 Å². The maximum Gasteiger partial charge on any atom is 0.387 e. The van der Waals surface area contributed by atoms with E-state index in [2.05, 4.69) is 21.9 Å². The topological polar surface area (TPSA) is 61.9 Å². The fourth-order valence-electron chi connectivity index (χ4n) is 4.17. The third-order valence-electron chi connectivity index (χ3n) is 5.95. The third-order valence-corrected chi connectivity index (χ3v) is 5.95. The van der Waals surface area contributed by atoms with Gasteiger partial charge >= 0.3 is 12.6 Å². The molecule has 0 radical (unpaired) electrons. The standard InChI is InChI=1S/C21H29F2N3O3/c1-3-16-6-4-5-13-25(16)14-26-18(27)21(2,24-20(26)28)12-11-15-7-9-17(10-8-15)29-19(22)23/h7-10,16,19H,3-6,11-14H2,1-2H3,(H,24,28)/t16-,21+/m0/s1. The van der Waals surface area contributed by atoms with Crippen molar-refractivity contribution in [2.24, 2.45) is 0 Å². The van der Waals surface area contributed by atoms with Crippen LogP contribution in [0.1, 0.15) is 51.5 Å². The van der Waals surface area contributed by atoms with Crippen LogP contribution in [0.5, 0.6) is 5.75 Å². The minimum absolute atomic E-state index is 0.0957. The third kappa shape index (κ3) is 5.04. The Morgan fingerprint density at radius 2 is 1.97 bits per heavy atom. The van der Waals surface area contributed by atoms with Gasteiger partial charge in [0.1, 0.15) is 11.3 Å². The maximum absolute atomic E-state index is 13.0. The molecule has 0 aromatic heterocycles. The molecule has 2 aliphatic rings. The highest BCUT2D eigenvalue weighted by Crippen LogP contribution is 2.26. The number of hydrogen-bond acceptors (Lipinski definition) is 4. The van der Waals surface area contributed by atoms with Crippen LogP contribution in [0.25, 0.3) is 0 Å². The summed E-state index contributed by atoms with van der Waals surface area (Å²) in [5.41, 5.74) is -0.0809. The zero-order valence-electron chi connectivity index (χ0n) is 17.0. The van der Waals surface area contributed by atoms with Crippen LogP contribution in [0, 0.1) is 0 Å². The van der Waals surface area contributed by atoms with Gasteiger partial charge in [-0.1, -0.05) is 25.5 Å². The molecular formula is C21H29F2N3O3. The molecule has 3 rings (SSSR count). The van der Waals surface area contributed by atoms with Crippen molar-refractivity contribution in [2.75, 3.05) is 13.2 Å². The van der Waals surface area contributed by atoms with E-state index >= 15 is 0 Å². The van der Waals surface area contributed by atoms with E-state index in [1.807, 2.05) is 0 Å². The number of nitrogens with zero attached hydrogens (tertiary/aromatic N) is 2. The van der Waals surface area contributed by atoms with E-state index in [-0.39, 0.29) is 17.7 Å². The van der Waals surface area contributed by atoms with Crippen molar-refractivity contribution < 1.29 is 23.1 Å². The van der Waals surface area contributed by atoms with Crippen molar-refractivity contribution >= 4 is 11.9 Å². The highest BCUT2D eigenvalue weighted by atomic mass is 19.3. The van der Waals surface area contributed by atoms with Gasteiger partial charge in [0.2, 0.25) is 0 Å². The number of ether oxygens (including phenoxy) is 1. The van der Waals surface area contributed by atoms with E-state index in [1.165, 1.54) is 23.5 Å². The highest BCUT2D eigenvalue weighted by molar-refractivity contribution is 6.06. The Labute approximate surface area is 170 Å².